The van der Waals surface area contributed by atoms with Crippen LogP contribution in [0.3, 0.4) is 0 Å². The number of rotatable bonds is 6. The largest absolute Gasteiger partial charge is 0.493 e. The summed E-state index contributed by atoms with van der Waals surface area (Å²) < 4.78 is 11.0. The summed E-state index contributed by atoms with van der Waals surface area (Å²) in [6.07, 6.45) is 2.18. The number of nitrogens with zero attached hydrogens (tertiary/aromatic N) is 1. The third kappa shape index (κ3) is 3.88. The van der Waals surface area contributed by atoms with Crippen LogP contribution in [0.4, 0.5) is 0 Å². The first-order valence-corrected chi connectivity index (χ1v) is 7.41. The number of amides is 1. The maximum Gasteiger partial charge on any atom is 0.260 e. The van der Waals surface area contributed by atoms with E-state index in [1.165, 1.54) is 0 Å². The quantitative estimate of drug-likeness (QED) is 0.871. The van der Waals surface area contributed by atoms with Gasteiger partial charge in [-0.25, -0.2) is 0 Å². The van der Waals surface area contributed by atoms with E-state index in [4.69, 9.17) is 9.47 Å². The SMILES string of the molecule is CNC(C)c1ccc(OCC(=O)N2CCCC2)c(OC)c1. The Morgan fingerprint density at radius 3 is 2.67 bits per heavy atom. The molecule has 1 N–H and O–H groups in total. The number of carbonyl (C=O) groups excluding carboxylic acids is 1. The number of methoxy groups -OCH3 is 1. The zero-order valence-electron chi connectivity index (χ0n) is 13.0. The molecule has 0 saturated carbocycles. The fourth-order valence-electron chi connectivity index (χ4n) is 2.44. The molecule has 1 aliphatic rings. The van der Waals surface area contributed by atoms with E-state index in [-0.39, 0.29) is 18.6 Å². The van der Waals surface area contributed by atoms with Crippen molar-refractivity contribution < 1.29 is 14.3 Å². The summed E-state index contributed by atoms with van der Waals surface area (Å²) in [6, 6.07) is 6.02. The maximum atomic E-state index is 12.0. The fourth-order valence-corrected chi connectivity index (χ4v) is 2.44. The molecule has 1 fully saturated rings. The highest BCUT2D eigenvalue weighted by molar-refractivity contribution is 5.78. The Balaban J connectivity index is 2.00. The highest BCUT2D eigenvalue weighted by Crippen LogP contribution is 2.30. The number of likely N-dealkylation sites (tertiary alicyclic amines) is 1. The van der Waals surface area contributed by atoms with E-state index in [9.17, 15) is 4.79 Å². The summed E-state index contributed by atoms with van der Waals surface area (Å²) in [7, 11) is 3.52. The van der Waals surface area contributed by atoms with E-state index in [0.717, 1.165) is 31.5 Å². The van der Waals surface area contributed by atoms with Crippen LogP contribution >= 0.6 is 0 Å². The van der Waals surface area contributed by atoms with Gasteiger partial charge in [0.05, 0.1) is 7.11 Å². The van der Waals surface area contributed by atoms with Crippen molar-refractivity contribution in [1.82, 2.24) is 10.2 Å². The Labute approximate surface area is 126 Å². The van der Waals surface area contributed by atoms with Crippen LogP contribution in [-0.4, -0.2) is 44.7 Å². The van der Waals surface area contributed by atoms with Gasteiger partial charge in [0.1, 0.15) is 0 Å². The molecule has 21 heavy (non-hydrogen) atoms. The third-order valence-electron chi connectivity index (χ3n) is 3.93. The van der Waals surface area contributed by atoms with Crippen LogP contribution in [0.5, 0.6) is 11.5 Å². The highest BCUT2D eigenvalue weighted by atomic mass is 16.5. The number of hydrogen-bond donors (Lipinski definition) is 1. The van der Waals surface area contributed by atoms with Crippen LogP contribution in [0.25, 0.3) is 0 Å². The lowest BCUT2D eigenvalue weighted by Gasteiger charge is -2.18. The van der Waals surface area contributed by atoms with E-state index in [0.29, 0.717) is 11.5 Å². The Hall–Kier alpha value is -1.75. The first kappa shape index (κ1) is 15.6. The zero-order chi connectivity index (χ0) is 15.2. The summed E-state index contributed by atoms with van der Waals surface area (Å²) in [5, 5.41) is 3.18. The van der Waals surface area contributed by atoms with Gasteiger partial charge in [-0.3, -0.25) is 4.79 Å². The molecule has 1 aromatic carbocycles. The van der Waals surface area contributed by atoms with Gasteiger partial charge in [-0.15, -0.1) is 0 Å². The molecule has 5 heteroatoms. The van der Waals surface area contributed by atoms with Crippen LogP contribution < -0.4 is 14.8 Å². The van der Waals surface area contributed by atoms with E-state index >= 15 is 0 Å². The lowest BCUT2D eigenvalue weighted by atomic mass is 10.1. The van der Waals surface area contributed by atoms with Crippen molar-refractivity contribution in [3.05, 3.63) is 23.8 Å². The van der Waals surface area contributed by atoms with Crippen LogP contribution in [0, 0.1) is 0 Å². The van der Waals surface area contributed by atoms with Gasteiger partial charge >= 0.3 is 0 Å². The van der Waals surface area contributed by atoms with E-state index in [2.05, 4.69) is 12.2 Å². The second kappa shape index (κ2) is 7.31. The van der Waals surface area contributed by atoms with E-state index in [1.54, 1.807) is 7.11 Å². The minimum absolute atomic E-state index is 0.0437. The number of ether oxygens (including phenoxy) is 2. The lowest BCUT2D eigenvalue weighted by molar-refractivity contribution is -0.132. The number of carbonyl (C=O) groups is 1. The average molecular weight is 292 g/mol. The minimum atomic E-state index is 0.0437. The molecular formula is C16H24N2O3. The fraction of sp³-hybridized carbons (Fsp3) is 0.562. The molecule has 0 radical (unpaired) electrons. The normalized spacial score (nSPS) is 15.9. The molecule has 1 aliphatic heterocycles. The van der Waals surface area contributed by atoms with Crippen molar-refractivity contribution >= 4 is 5.91 Å². The predicted molar refractivity (Wildman–Crippen MR) is 81.8 cm³/mol. The molecule has 116 valence electrons. The van der Waals surface area contributed by atoms with Crippen molar-refractivity contribution in [3.63, 3.8) is 0 Å². The topological polar surface area (TPSA) is 50.8 Å². The molecule has 0 aliphatic carbocycles. The molecule has 1 atom stereocenters. The van der Waals surface area contributed by atoms with E-state index in [1.807, 2.05) is 30.1 Å². The average Bonchev–Trinajstić information content (AvgIpc) is 3.06. The Bertz CT molecular complexity index is 484. The van der Waals surface area contributed by atoms with Crippen LogP contribution in [0.2, 0.25) is 0 Å². The molecule has 0 spiro atoms. The molecule has 1 heterocycles. The summed E-state index contributed by atoms with van der Waals surface area (Å²) >= 11 is 0. The summed E-state index contributed by atoms with van der Waals surface area (Å²) in [5.74, 6) is 1.31. The first-order valence-electron chi connectivity index (χ1n) is 7.41. The van der Waals surface area contributed by atoms with Crippen molar-refractivity contribution in [2.24, 2.45) is 0 Å². The van der Waals surface area contributed by atoms with Gasteiger partial charge in [0.15, 0.2) is 18.1 Å². The van der Waals surface area contributed by atoms with Crippen molar-refractivity contribution in [2.75, 3.05) is 33.9 Å². The maximum absolute atomic E-state index is 12.0. The molecule has 1 saturated heterocycles. The lowest BCUT2D eigenvalue weighted by Crippen LogP contribution is -2.32. The Morgan fingerprint density at radius 1 is 1.33 bits per heavy atom. The van der Waals surface area contributed by atoms with Crippen LogP contribution in [0.15, 0.2) is 18.2 Å². The highest BCUT2D eigenvalue weighted by Gasteiger charge is 2.19. The number of benzene rings is 1. The van der Waals surface area contributed by atoms with Crippen molar-refractivity contribution in [1.29, 1.82) is 0 Å². The Kier molecular flexibility index (Phi) is 5.44. The number of hydrogen-bond acceptors (Lipinski definition) is 4. The monoisotopic (exact) mass is 292 g/mol. The van der Waals surface area contributed by atoms with Gasteiger partial charge in [-0.2, -0.15) is 0 Å². The van der Waals surface area contributed by atoms with Crippen LogP contribution in [-0.2, 0) is 4.79 Å². The predicted octanol–water partition coefficient (Wildman–Crippen LogP) is 1.98. The molecule has 0 aromatic heterocycles. The number of nitrogens with one attached hydrogen (secondary N) is 1. The molecule has 5 nitrogen and oxygen atoms in total. The first-order chi connectivity index (χ1) is 10.2. The van der Waals surface area contributed by atoms with E-state index < -0.39 is 0 Å². The van der Waals surface area contributed by atoms with Gasteiger partial charge < -0.3 is 19.7 Å². The van der Waals surface area contributed by atoms with Crippen molar-refractivity contribution in [3.8, 4) is 11.5 Å². The molecule has 0 bridgehead atoms. The minimum Gasteiger partial charge on any atom is -0.493 e. The molecule has 1 amide bonds. The van der Waals surface area contributed by atoms with Crippen molar-refractivity contribution in [2.45, 2.75) is 25.8 Å². The second-order valence-electron chi connectivity index (χ2n) is 5.30. The summed E-state index contributed by atoms with van der Waals surface area (Å²) in [5.41, 5.74) is 1.12. The van der Waals surface area contributed by atoms with Gasteiger partial charge in [0, 0.05) is 19.1 Å². The van der Waals surface area contributed by atoms with Crippen LogP contribution in [0.1, 0.15) is 31.4 Å². The molecule has 2 rings (SSSR count). The standard InChI is InChI=1S/C16H24N2O3/c1-12(17-2)13-6-7-14(15(10-13)20-3)21-11-16(19)18-8-4-5-9-18/h6-7,10,12,17H,4-5,8-9,11H2,1-3H3. The Morgan fingerprint density at radius 2 is 2.05 bits per heavy atom. The summed E-state index contributed by atoms with van der Waals surface area (Å²) in [4.78, 5) is 13.8. The zero-order valence-corrected chi connectivity index (χ0v) is 13.0. The molecule has 1 unspecified atom stereocenters. The second-order valence-corrected chi connectivity index (χ2v) is 5.30. The van der Waals surface area contributed by atoms with Gasteiger partial charge in [-0.1, -0.05) is 6.07 Å². The molecular weight excluding hydrogens is 268 g/mol. The third-order valence-corrected chi connectivity index (χ3v) is 3.93. The smallest absolute Gasteiger partial charge is 0.260 e. The van der Waals surface area contributed by atoms with Gasteiger partial charge in [0.25, 0.3) is 5.91 Å². The molecule has 1 aromatic rings. The van der Waals surface area contributed by atoms with Gasteiger partial charge in [-0.05, 0) is 44.5 Å². The summed E-state index contributed by atoms with van der Waals surface area (Å²) in [6.45, 7) is 3.83. The van der Waals surface area contributed by atoms with Gasteiger partial charge in [0.2, 0.25) is 0 Å².